The molecule has 0 aromatic carbocycles. The van der Waals surface area contributed by atoms with Gasteiger partial charge in [0.05, 0.1) is 18.7 Å². The number of pyridine rings is 1. The van der Waals surface area contributed by atoms with Crippen LogP contribution in [0, 0.1) is 0 Å². The molecule has 24 heavy (non-hydrogen) atoms. The van der Waals surface area contributed by atoms with Gasteiger partial charge in [0, 0.05) is 0 Å². The van der Waals surface area contributed by atoms with Gasteiger partial charge in [-0.05, 0) is 73.7 Å². The van der Waals surface area contributed by atoms with E-state index in [9.17, 15) is 4.79 Å². The summed E-state index contributed by atoms with van der Waals surface area (Å²) in [7, 11) is 0. The van der Waals surface area contributed by atoms with Crippen molar-refractivity contribution in [3.8, 4) is 0 Å². The summed E-state index contributed by atoms with van der Waals surface area (Å²) in [5.74, 6) is 0. The molecule has 5 nitrogen and oxygen atoms in total. The molecule has 2 aliphatic rings. The van der Waals surface area contributed by atoms with Crippen molar-refractivity contribution in [2.24, 2.45) is 0 Å². The van der Waals surface area contributed by atoms with Gasteiger partial charge in [0.1, 0.15) is 21.5 Å². The topological polar surface area (TPSA) is 51.7 Å². The summed E-state index contributed by atoms with van der Waals surface area (Å²) < 4.78 is 12.4. The Morgan fingerprint density at radius 3 is 2.83 bits per heavy atom. The first-order chi connectivity index (χ1) is 11.2. The third kappa shape index (κ3) is 3.86. The number of hydrogen-bond donors (Lipinski definition) is 0. The zero-order valence-electron chi connectivity index (χ0n) is 14.1. The summed E-state index contributed by atoms with van der Waals surface area (Å²) >= 11 is 9.46. The zero-order valence-corrected chi connectivity index (χ0v) is 16.4. The summed E-state index contributed by atoms with van der Waals surface area (Å²) in [5.41, 5.74) is 0.420. The summed E-state index contributed by atoms with van der Waals surface area (Å²) in [5, 5.41) is 0.407. The molecular weight excluding hydrogens is 396 g/mol. The second kappa shape index (κ2) is 6.81. The van der Waals surface area contributed by atoms with Crippen molar-refractivity contribution in [3.63, 3.8) is 0 Å². The average Bonchev–Trinajstić information content (AvgIpc) is 2.43. The number of ether oxygens (including phenoxy) is 2. The van der Waals surface area contributed by atoms with Gasteiger partial charge in [-0.3, -0.25) is 4.90 Å². The van der Waals surface area contributed by atoms with Gasteiger partial charge in [-0.15, -0.1) is 0 Å². The Hall–Kier alpha value is -0.850. The second-order valence-electron chi connectivity index (χ2n) is 7.34. The molecular formula is C17H22BrClN2O3. The van der Waals surface area contributed by atoms with Crippen LogP contribution in [0.25, 0.3) is 0 Å². The number of fused-ring (bicyclic) bond motifs is 2. The predicted octanol–water partition coefficient (Wildman–Crippen LogP) is 4.73. The molecule has 3 atom stereocenters. The van der Waals surface area contributed by atoms with Crippen LogP contribution in [-0.4, -0.2) is 40.3 Å². The standard InChI is InChI=1S/C17H22BrClN2O3/c1-17(2,3)24-16(22)21-11-5-4-6-12(21)15(23-9-11)10-7-13(18)20-14(19)8-10/h7-8,11-12,15H,4-6,9H2,1-3H3. The quantitative estimate of drug-likeness (QED) is 0.620. The number of aromatic nitrogens is 1. The van der Waals surface area contributed by atoms with Crippen LogP contribution in [0.3, 0.4) is 0 Å². The number of morpholine rings is 1. The Balaban J connectivity index is 1.89. The van der Waals surface area contributed by atoms with Crippen LogP contribution < -0.4 is 0 Å². The number of carbonyl (C=O) groups excluding carboxylic acids is 1. The molecule has 132 valence electrons. The lowest BCUT2D eigenvalue weighted by Gasteiger charge is -2.49. The zero-order chi connectivity index (χ0) is 17.5. The molecule has 1 aromatic rings. The number of carbonyl (C=O) groups is 1. The van der Waals surface area contributed by atoms with Crippen molar-refractivity contribution in [2.45, 2.75) is 63.8 Å². The Kier molecular flexibility index (Phi) is 5.09. The monoisotopic (exact) mass is 416 g/mol. The van der Waals surface area contributed by atoms with Crippen LogP contribution in [0.2, 0.25) is 5.15 Å². The molecule has 0 spiro atoms. The Morgan fingerprint density at radius 1 is 1.42 bits per heavy atom. The van der Waals surface area contributed by atoms with Crippen LogP contribution in [0.15, 0.2) is 16.7 Å². The molecule has 2 aliphatic heterocycles. The van der Waals surface area contributed by atoms with E-state index in [4.69, 9.17) is 21.1 Å². The third-order valence-electron chi connectivity index (χ3n) is 4.32. The van der Waals surface area contributed by atoms with E-state index in [1.807, 2.05) is 31.7 Å². The molecule has 0 N–H and O–H groups in total. The smallest absolute Gasteiger partial charge is 0.410 e. The van der Waals surface area contributed by atoms with Gasteiger partial charge >= 0.3 is 6.09 Å². The van der Waals surface area contributed by atoms with Gasteiger partial charge in [-0.1, -0.05) is 11.6 Å². The summed E-state index contributed by atoms with van der Waals surface area (Å²) in [6.07, 6.45) is 2.44. The number of hydrogen-bond acceptors (Lipinski definition) is 4. The maximum Gasteiger partial charge on any atom is 0.410 e. The van der Waals surface area contributed by atoms with Gasteiger partial charge in [0.25, 0.3) is 0 Å². The van der Waals surface area contributed by atoms with E-state index in [2.05, 4.69) is 20.9 Å². The third-order valence-corrected chi connectivity index (χ3v) is 4.92. The van der Waals surface area contributed by atoms with E-state index < -0.39 is 5.60 Å². The molecule has 0 radical (unpaired) electrons. The molecule has 3 rings (SSSR count). The van der Waals surface area contributed by atoms with Crippen molar-refractivity contribution >= 4 is 33.6 Å². The largest absolute Gasteiger partial charge is 0.444 e. The lowest BCUT2D eigenvalue weighted by molar-refractivity contribution is -0.123. The fraction of sp³-hybridized carbons (Fsp3) is 0.647. The highest BCUT2D eigenvalue weighted by molar-refractivity contribution is 9.10. The van der Waals surface area contributed by atoms with E-state index in [0.717, 1.165) is 24.8 Å². The lowest BCUT2D eigenvalue weighted by Crippen LogP contribution is -2.59. The van der Waals surface area contributed by atoms with Crippen LogP contribution >= 0.6 is 27.5 Å². The number of halogens is 2. The van der Waals surface area contributed by atoms with Gasteiger partial charge in [-0.2, -0.15) is 0 Å². The van der Waals surface area contributed by atoms with Gasteiger partial charge in [0.2, 0.25) is 0 Å². The number of amides is 1. The van der Waals surface area contributed by atoms with Crippen LogP contribution in [0.4, 0.5) is 4.79 Å². The first kappa shape index (κ1) is 18.0. The molecule has 1 amide bonds. The minimum atomic E-state index is -0.512. The average molecular weight is 418 g/mol. The molecule has 7 heteroatoms. The van der Waals surface area contributed by atoms with Crippen molar-refractivity contribution in [3.05, 3.63) is 27.5 Å². The first-order valence-electron chi connectivity index (χ1n) is 8.20. The Morgan fingerprint density at radius 2 is 2.17 bits per heavy atom. The van der Waals surface area contributed by atoms with Crippen LogP contribution in [-0.2, 0) is 9.47 Å². The molecule has 2 bridgehead atoms. The lowest BCUT2D eigenvalue weighted by atomic mass is 9.88. The van der Waals surface area contributed by atoms with E-state index in [1.165, 1.54) is 0 Å². The van der Waals surface area contributed by atoms with E-state index in [0.29, 0.717) is 16.4 Å². The molecule has 3 unspecified atom stereocenters. The van der Waals surface area contributed by atoms with E-state index in [1.54, 1.807) is 6.07 Å². The van der Waals surface area contributed by atoms with E-state index >= 15 is 0 Å². The van der Waals surface area contributed by atoms with Crippen molar-refractivity contribution in [1.82, 2.24) is 9.88 Å². The highest BCUT2D eigenvalue weighted by Gasteiger charge is 2.45. The molecule has 3 heterocycles. The maximum atomic E-state index is 12.7. The van der Waals surface area contributed by atoms with Gasteiger partial charge in [0.15, 0.2) is 0 Å². The van der Waals surface area contributed by atoms with E-state index in [-0.39, 0.29) is 24.3 Å². The summed E-state index contributed by atoms with van der Waals surface area (Å²) in [6, 6.07) is 3.74. The number of nitrogens with zero attached hydrogens (tertiary/aromatic N) is 2. The van der Waals surface area contributed by atoms with Crippen LogP contribution in [0.1, 0.15) is 51.7 Å². The minimum absolute atomic E-state index is 0.0438. The highest BCUT2D eigenvalue weighted by atomic mass is 79.9. The Bertz CT molecular complexity index is 615. The van der Waals surface area contributed by atoms with Gasteiger partial charge in [-0.25, -0.2) is 9.78 Å². The molecule has 0 aliphatic carbocycles. The number of rotatable bonds is 1. The van der Waals surface area contributed by atoms with Crippen molar-refractivity contribution in [1.29, 1.82) is 0 Å². The van der Waals surface area contributed by atoms with Crippen molar-refractivity contribution in [2.75, 3.05) is 6.61 Å². The Labute approximate surface area is 155 Å². The van der Waals surface area contributed by atoms with Crippen molar-refractivity contribution < 1.29 is 14.3 Å². The maximum absolute atomic E-state index is 12.7. The number of piperidine rings is 1. The van der Waals surface area contributed by atoms with Crippen LogP contribution in [0.5, 0.6) is 0 Å². The second-order valence-corrected chi connectivity index (χ2v) is 8.54. The summed E-state index contributed by atoms with van der Waals surface area (Å²) in [6.45, 7) is 6.17. The predicted molar refractivity (Wildman–Crippen MR) is 95.1 cm³/mol. The highest BCUT2D eigenvalue weighted by Crippen LogP contribution is 2.40. The molecule has 2 saturated heterocycles. The molecule has 2 fully saturated rings. The molecule has 0 saturated carbocycles. The van der Waals surface area contributed by atoms with Gasteiger partial charge < -0.3 is 9.47 Å². The minimum Gasteiger partial charge on any atom is -0.444 e. The first-order valence-corrected chi connectivity index (χ1v) is 9.37. The summed E-state index contributed by atoms with van der Waals surface area (Å²) in [4.78, 5) is 18.8. The fourth-order valence-electron chi connectivity index (χ4n) is 3.46. The fourth-order valence-corrected chi connectivity index (χ4v) is 4.24. The normalized spacial score (nSPS) is 27.0. The molecule has 1 aromatic heterocycles. The SMILES string of the molecule is CC(C)(C)OC(=O)N1C2CCCC1C(c1cc(Cl)nc(Br)c1)OC2.